The van der Waals surface area contributed by atoms with Crippen LogP contribution in [-0.2, 0) is 4.74 Å². The molecule has 2 rings (SSSR count). The minimum absolute atomic E-state index is 0.109. The van der Waals surface area contributed by atoms with E-state index in [9.17, 15) is 4.79 Å². The molecule has 3 N–H and O–H groups in total. The Morgan fingerprint density at radius 3 is 2.70 bits per heavy atom. The molecule has 0 amide bonds. The van der Waals surface area contributed by atoms with Crippen LogP contribution in [0.2, 0.25) is 0 Å². The smallest absolute Gasteiger partial charge is 0.323 e. The zero-order chi connectivity index (χ0) is 14.8. The summed E-state index contributed by atoms with van der Waals surface area (Å²) in [5.41, 5.74) is 2.56. The van der Waals surface area contributed by atoms with Gasteiger partial charge in [-0.3, -0.25) is 0 Å². The predicted molar refractivity (Wildman–Crippen MR) is 81.0 cm³/mol. The maximum absolute atomic E-state index is 11.2. The van der Waals surface area contributed by atoms with Crippen molar-refractivity contribution in [2.75, 3.05) is 13.7 Å². The molecule has 0 spiro atoms. The largest absolute Gasteiger partial charge is 0.379 e. The minimum Gasteiger partial charge on any atom is -0.379 e. The van der Waals surface area contributed by atoms with Gasteiger partial charge in [0.05, 0.1) is 16.6 Å². The number of nitrogens with one attached hydrogen (secondary N) is 3. The molecule has 0 aliphatic rings. The van der Waals surface area contributed by atoms with Gasteiger partial charge in [0.2, 0.25) is 0 Å². The summed E-state index contributed by atoms with van der Waals surface area (Å²) in [5, 5.41) is 3.48. The first-order valence-electron chi connectivity index (χ1n) is 6.92. The maximum atomic E-state index is 11.2. The number of hydrogen-bond acceptors (Lipinski definition) is 3. The van der Waals surface area contributed by atoms with Gasteiger partial charge in [-0.1, -0.05) is 6.07 Å². The lowest BCUT2D eigenvalue weighted by molar-refractivity contribution is 0.0154. The molecule has 1 atom stereocenters. The molecule has 1 unspecified atom stereocenters. The first kappa shape index (κ1) is 14.8. The molecule has 0 aliphatic heterocycles. The van der Waals surface area contributed by atoms with Crippen LogP contribution in [0, 0.1) is 0 Å². The van der Waals surface area contributed by atoms with Crippen molar-refractivity contribution < 1.29 is 4.74 Å². The average Bonchev–Trinajstić information content (AvgIpc) is 2.77. The summed E-state index contributed by atoms with van der Waals surface area (Å²) in [5.74, 6) is 0. The monoisotopic (exact) mass is 277 g/mol. The van der Waals surface area contributed by atoms with E-state index < -0.39 is 0 Å². The van der Waals surface area contributed by atoms with Crippen molar-refractivity contribution in [2.45, 2.75) is 38.8 Å². The summed E-state index contributed by atoms with van der Waals surface area (Å²) in [7, 11) is 1.74. The van der Waals surface area contributed by atoms with Gasteiger partial charge < -0.3 is 20.0 Å². The lowest BCUT2D eigenvalue weighted by Gasteiger charge is -2.24. The van der Waals surface area contributed by atoms with E-state index in [-0.39, 0.29) is 17.3 Å². The van der Waals surface area contributed by atoms with E-state index in [4.69, 9.17) is 4.74 Å². The molecule has 2 aromatic rings. The van der Waals surface area contributed by atoms with Crippen molar-refractivity contribution >= 4 is 11.0 Å². The highest BCUT2D eigenvalue weighted by molar-refractivity contribution is 5.75. The highest BCUT2D eigenvalue weighted by Crippen LogP contribution is 2.18. The van der Waals surface area contributed by atoms with Crippen LogP contribution in [0.15, 0.2) is 23.0 Å². The van der Waals surface area contributed by atoms with Gasteiger partial charge in [-0.25, -0.2) is 4.79 Å². The van der Waals surface area contributed by atoms with Crippen LogP contribution in [0.4, 0.5) is 0 Å². The Balaban J connectivity index is 2.00. The first-order valence-corrected chi connectivity index (χ1v) is 6.92. The number of hydrogen-bond donors (Lipinski definition) is 3. The van der Waals surface area contributed by atoms with Gasteiger partial charge >= 0.3 is 5.69 Å². The van der Waals surface area contributed by atoms with Gasteiger partial charge in [-0.2, -0.15) is 0 Å². The summed E-state index contributed by atoms with van der Waals surface area (Å²) in [4.78, 5) is 16.8. The fourth-order valence-electron chi connectivity index (χ4n) is 2.13. The van der Waals surface area contributed by atoms with Gasteiger partial charge in [0.25, 0.3) is 0 Å². The summed E-state index contributed by atoms with van der Waals surface area (Å²) in [6, 6.07) is 6.20. The van der Waals surface area contributed by atoms with E-state index in [2.05, 4.69) is 36.1 Å². The molecule has 20 heavy (non-hydrogen) atoms. The fourth-order valence-corrected chi connectivity index (χ4v) is 2.13. The summed E-state index contributed by atoms with van der Waals surface area (Å²) < 4.78 is 5.40. The Kier molecular flexibility index (Phi) is 4.30. The van der Waals surface area contributed by atoms with E-state index >= 15 is 0 Å². The molecular weight excluding hydrogens is 254 g/mol. The second-order valence-electron chi connectivity index (χ2n) is 5.77. The van der Waals surface area contributed by atoms with E-state index in [1.807, 2.05) is 18.2 Å². The van der Waals surface area contributed by atoms with Crippen LogP contribution in [-0.4, -0.2) is 29.2 Å². The molecule has 110 valence electrons. The van der Waals surface area contributed by atoms with Gasteiger partial charge in [0.1, 0.15) is 0 Å². The standard InChI is InChI=1S/C15H23N3O2/c1-10(16-8-7-15(2,3)20-4)11-5-6-12-13(9-11)18-14(19)17-12/h5-6,9-10,16H,7-8H2,1-4H3,(H2,17,18,19). The molecular formula is C15H23N3O2. The minimum atomic E-state index is -0.167. The Hall–Kier alpha value is -1.59. The number of aromatic nitrogens is 2. The predicted octanol–water partition coefficient (Wildman–Crippen LogP) is 2.32. The molecule has 0 saturated carbocycles. The number of methoxy groups -OCH3 is 1. The Labute approximate surface area is 118 Å². The Morgan fingerprint density at radius 2 is 2.00 bits per heavy atom. The SMILES string of the molecule is COC(C)(C)CCNC(C)c1ccc2[nH]c(=O)[nH]c2c1. The number of fused-ring (bicyclic) bond motifs is 1. The molecule has 1 aromatic carbocycles. The van der Waals surface area contributed by atoms with E-state index in [1.54, 1.807) is 7.11 Å². The Bertz CT molecular complexity index is 627. The third-order valence-corrected chi connectivity index (χ3v) is 3.77. The van der Waals surface area contributed by atoms with Crippen molar-refractivity contribution in [3.05, 3.63) is 34.2 Å². The third-order valence-electron chi connectivity index (χ3n) is 3.77. The van der Waals surface area contributed by atoms with Crippen molar-refractivity contribution in [2.24, 2.45) is 0 Å². The molecule has 1 aromatic heterocycles. The topological polar surface area (TPSA) is 69.9 Å². The highest BCUT2D eigenvalue weighted by Gasteiger charge is 2.16. The van der Waals surface area contributed by atoms with Gasteiger partial charge in [0, 0.05) is 13.2 Å². The van der Waals surface area contributed by atoms with Crippen molar-refractivity contribution in [3.63, 3.8) is 0 Å². The van der Waals surface area contributed by atoms with Crippen LogP contribution >= 0.6 is 0 Å². The summed E-state index contributed by atoms with van der Waals surface area (Å²) in [6.45, 7) is 7.15. The zero-order valence-electron chi connectivity index (χ0n) is 12.5. The number of H-pyrrole nitrogens is 2. The van der Waals surface area contributed by atoms with Gasteiger partial charge in [0.15, 0.2) is 0 Å². The Morgan fingerprint density at radius 1 is 1.30 bits per heavy atom. The van der Waals surface area contributed by atoms with Crippen molar-refractivity contribution in [1.82, 2.24) is 15.3 Å². The number of benzene rings is 1. The van der Waals surface area contributed by atoms with Crippen LogP contribution < -0.4 is 11.0 Å². The normalized spacial score (nSPS) is 13.8. The molecule has 0 fully saturated rings. The average molecular weight is 277 g/mol. The van der Waals surface area contributed by atoms with Crippen molar-refractivity contribution in [3.8, 4) is 0 Å². The van der Waals surface area contributed by atoms with Crippen LogP contribution in [0.1, 0.15) is 38.8 Å². The molecule has 0 bridgehead atoms. The molecule has 5 nitrogen and oxygen atoms in total. The van der Waals surface area contributed by atoms with Crippen LogP contribution in [0.25, 0.3) is 11.0 Å². The fraction of sp³-hybridized carbons (Fsp3) is 0.533. The van der Waals surface area contributed by atoms with Crippen LogP contribution in [0.5, 0.6) is 0 Å². The summed E-state index contributed by atoms with van der Waals surface area (Å²) >= 11 is 0. The lowest BCUT2D eigenvalue weighted by Crippen LogP contribution is -2.30. The summed E-state index contributed by atoms with van der Waals surface area (Å²) in [6.07, 6.45) is 0.942. The zero-order valence-corrected chi connectivity index (χ0v) is 12.5. The lowest BCUT2D eigenvalue weighted by atomic mass is 10.0. The molecule has 0 saturated heterocycles. The number of ether oxygens (including phenoxy) is 1. The second-order valence-corrected chi connectivity index (χ2v) is 5.77. The molecule has 0 radical (unpaired) electrons. The molecule has 1 heterocycles. The van der Waals surface area contributed by atoms with Crippen molar-refractivity contribution in [1.29, 1.82) is 0 Å². The van der Waals surface area contributed by atoms with Crippen LogP contribution in [0.3, 0.4) is 0 Å². The van der Waals surface area contributed by atoms with E-state index in [1.165, 1.54) is 0 Å². The first-order chi connectivity index (χ1) is 9.41. The quantitative estimate of drug-likeness (QED) is 0.759. The van der Waals surface area contributed by atoms with E-state index in [0.29, 0.717) is 0 Å². The third kappa shape index (κ3) is 3.49. The molecule has 0 aliphatic carbocycles. The molecule has 5 heteroatoms. The van der Waals surface area contributed by atoms with Gasteiger partial charge in [-0.05, 0) is 51.4 Å². The number of imidazole rings is 1. The second kappa shape index (κ2) is 5.81. The highest BCUT2D eigenvalue weighted by atomic mass is 16.5. The van der Waals surface area contributed by atoms with E-state index in [0.717, 1.165) is 29.6 Å². The maximum Gasteiger partial charge on any atom is 0.323 e. The van der Waals surface area contributed by atoms with Gasteiger partial charge in [-0.15, -0.1) is 0 Å². The number of rotatable bonds is 6. The number of aromatic amines is 2.